The molecule has 0 spiro atoms. The molecule has 6 nitrogen and oxygen atoms in total. The van der Waals surface area contributed by atoms with Crippen LogP contribution in [0.15, 0.2) is 11.6 Å². The van der Waals surface area contributed by atoms with Crippen LogP contribution in [0.2, 0.25) is 0 Å². The van der Waals surface area contributed by atoms with Gasteiger partial charge >= 0.3 is 17.9 Å². The average molecular weight is 268 g/mol. The zero-order valence-corrected chi connectivity index (χ0v) is 11.1. The number of carbonyl (C=O) groups is 3. The number of esters is 3. The predicted octanol–water partition coefficient (Wildman–Crippen LogP) is 0.605. The van der Waals surface area contributed by atoms with Crippen LogP contribution in [0.5, 0.6) is 0 Å². The van der Waals surface area contributed by atoms with Crippen molar-refractivity contribution >= 4 is 17.9 Å². The van der Waals surface area contributed by atoms with E-state index in [0.29, 0.717) is 0 Å². The minimum Gasteiger partial charge on any atom is -0.462 e. The Bertz CT molecular complexity index is 404. The van der Waals surface area contributed by atoms with Crippen LogP contribution in [0.3, 0.4) is 0 Å². The number of rotatable bonds is 6. The molecule has 0 aromatic carbocycles. The van der Waals surface area contributed by atoms with Crippen LogP contribution in [0.4, 0.5) is 0 Å². The van der Waals surface area contributed by atoms with Crippen molar-refractivity contribution in [2.45, 2.75) is 20.8 Å². The molecule has 0 aliphatic heterocycles. The maximum absolute atomic E-state index is 11.5. The summed E-state index contributed by atoms with van der Waals surface area (Å²) in [4.78, 5) is 34.4. The molecule has 0 aromatic rings. The Labute approximate surface area is 111 Å². The molecule has 0 fully saturated rings. The van der Waals surface area contributed by atoms with Crippen LogP contribution in [-0.4, -0.2) is 37.7 Å². The molecule has 0 saturated carbocycles. The summed E-state index contributed by atoms with van der Waals surface area (Å²) in [6.07, 6.45) is 0.743. The van der Waals surface area contributed by atoms with Crippen LogP contribution >= 0.6 is 0 Å². The fourth-order valence-electron chi connectivity index (χ4n) is 0.958. The Morgan fingerprint density at radius 3 is 1.95 bits per heavy atom. The van der Waals surface area contributed by atoms with Gasteiger partial charge < -0.3 is 14.2 Å². The summed E-state index contributed by atoms with van der Waals surface area (Å²) >= 11 is 0. The van der Waals surface area contributed by atoms with E-state index >= 15 is 0 Å². The van der Waals surface area contributed by atoms with Gasteiger partial charge in [-0.2, -0.15) is 0 Å². The SMILES string of the molecule is CC#CCOC(=O)C=C(C(=O)OCC)C(=O)OCC. The van der Waals surface area contributed by atoms with Crippen LogP contribution in [0.1, 0.15) is 20.8 Å². The van der Waals surface area contributed by atoms with Crippen molar-refractivity contribution in [1.29, 1.82) is 0 Å². The third kappa shape index (κ3) is 6.88. The first-order valence-corrected chi connectivity index (χ1v) is 5.69. The number of ether oxygens (including phenoxy) is 3. The molecule has 0 radical (unpaired) electrons. The molecule has 0 atom stereocenters. The Kier molecular flexibility index (Phi) is 8.54. The summed E-state index contributed by atoms with van der Waals surface area (Å²) in [7, 11) is 0. The summed E-state index contributed by atoms with van der Waals surface area (Å²) < 4.78 is 14.0. The van der Waals surface area contributed by atoms with E-state index in [9.17, 15) is 14.4 Å². The fraction of sp³-hybridized carbons (Fsp3) is 0.462. The van der Waals surface area contributed by atoms with Gasteiger partial charge in [0, 0.05) is 6.08 Å². The molecule has 0 bridgehead atoms. The zero-order chi connectivity index (χ0) is 14.7. The van der Waals surface area contributed by atoms with E-state index in [2.05, 4.69) is 26.1 Å². The van der Waals surface area contributed by atoms with Gasteiger partial charge in [-0.3, -0.25) is 0 Å². The molecule has 0 rings (SSSR count). The summed E-state index contributed by atoms with van der Waals surface area (Å²) in [5.41, 5.74) is -0.502. The quantitative estimate of drug-likeness (QED) is 0.175. The molecular formula is C13H16O6. The van der Waals surface area contributed by atoms with Crippen molar-refractivity contribution in [2.75, 3.05) is 19.8 Å². The van der Waals surface area contributed by atoms with Crippen molar-refractivity contribution in [3.8, 4) is 11.8 Å². The maximum Gasteiger partial charge on any atom is 0.345 e. The monoisotopic (exact) mass is 268 g/mol. The second-order valence-electron chi connectivity index (χ2n) is 3.03. The fourth-order valence-corrected chi connectivity index (χ4v) is 0.958. The van der Waals surface area contributed by atoms with E-state index in [1.165, 1.54) is 0 Å². The summed E-state index contributed by atoms with van der Waals surface area (Å²) in [5, 5.41) is 0. The van der Waals surface area contributed by atoms with Gasteiger partial charge in [0.25, 0.3) is 0 Å². The highest BCUT2D eigenvalue weighted by molar-refractivity contribution is 6.17. The van der Waals surface area contributed by atoms with Gasteiger partial charge in [-0.25, -0.2) is 14.4 Å². The van der Waals surface area contributed by atoms with Gasteiger partial charge in [-0.15, -0.1) is 5.92 Å². The van der Waals surface area contributed by atoms with Crippen molar-refractivity contribution in [3.05, 3.63) is 11.6 Å². The van der Waals surface area contributed by atoms with E-state index in [-0.39, 0.29) is 19.8 Å². The van der Waals surface area contributed by atoms with E-state index in [1.807, 2.05) is 0 Å². The average Bonchev–Trinajstić information content (AvgIpc) is 2.36. The van der Waals surface area contributed by atoms with E-state index in [0.717, 1.165) is 6.08 Å². The Balaban J connectivity index is 4.88. The normalized spacial score (nSPS) is 8.58. The molecule has 0 aliphatic carbocycles. The van der Waals surface area contributed by atoms with Gasteiger partial charge in [0.15, 0.2) is 12.2 Å². The second-order valence-corrected chi connectivity index (χ2v) is 3.03. The second kappa shape index (κ2) is 9.71. The predicted molar refractivity (Wildman–Crippen MR) is 65.8 cm³/mol. The number of hydrogen-bond acceptors (Lipinski definition) is 6. The largest absolute Gasteiger partial charge is 0.462 e. The van der Waals surface area contributed by atoms with Crippen molar-refractivity contribution in [2.24, 2.45) is 0 Å². The molecule has 0 aromatic heterocycles. The molecule has 104 valence electrons. The first-order valence-electron chi connectivity index (χ1n) is 5.69. The molecule has 0 N–H and O–H groups in total. The van der Waals surface area contributed by atoms with Crippen LogP contribution < -0.4 is 0 Å². The summed E-state index contributed by atoms with van der Waals surface area (Å²) in [6.45, 7) is 4.78. The van der Waals surface area contributed by atoms with Crippen molar-refractivity contribution < 1.29 is 28.6 Å². The molecule has 0 heterocycles. The Morgan fingerprint density at radius 1 is 1.00 bits per heavy atom. The van der Waals surface area contributed by atoms with Crippen LogP contribution in [-0.2, 0) is 28.6 Å². The lowest BCUT2D eigenvalue weighted by Gasteiger charge is -2.06. The van der Waals surface area contributed by atoms with Gasteiger partial charge in [0.2, 0.25) is 0 Å². The highest BCUT2D eigenvalue weighted by Crippen LogP contribution is 2.03. The van der Waals surface area contributed by atoms with Crippen molar-refractivity contribution in [3.63, 3.8) is 0 Å². The summed E-state index contributed by atoms with van der Waals surface area (Å²) in [6, 6.07) is 0. The number of carbonyl (C=O) groups excluding carboxylic acids is 3. The lowest BCUT2D eigenvalue weighted by Crippen LogP contribution is -2.20. The highest BCUT2D eigenvalue weighted by Gasteiger charge is 2.22. The first kappa shape index (κ1) is 16.7. The topological polar surface area (TPSA) is 78.9 Å². The van der Waals surface area contributed by atoms with Gasteiger partial charge in [-0.1, -0.05) is 5.92 Å². The van der Waals surface area contributed by atoms with E-state index < -0.39 is 23.5 Å². The van der Waals surface area contributed by atoms with Gasteiger partial charge in [-0.05, 0) is 20.8 Å². The molecule has 0 saturated heterocycles. The van der Waals surface area contributed by atoms with E-state index in [4.69, 9.17) is 0 Å². The van der Waals surface area contributed by atoms with E-state index in [1.54, 1.807) is 20.8 Å². The van der Waals surface area contributed by atoms with Gasteiger partial charge in [0.1, 0.15) is 0 Å². The molecule has 6 heteroatoms. The minimum atomic E-state index is -0.931. The van der Waals surface area contributed by atoms with Crippen molar-refractivity contribution in [1.82, 2.24) is 0 Å². The van der Waals surface area contributed by atoms with Crippen LogP contribution in [0.25, 0.3) is 0 Å². The third-order valence-electron chi connectivity index (χ3n) is 1.72. The standard InChI is InChI=1S/C13H16O6/c1-4-7-8-19-11(14)9-10(12(15)17-5-2)13(16)18-6-3/h9H,5-6,8H2,1-3H3. The van der Waals surface area contributed by atoms with Crippen LogP contribution in [0, 0.1) is 11.8 Å². The molecular weight excluding hydrogens is 252 g/mol. The lowest BCUT2D eigenvalue weighted by molar-refractivity contribution is -0.148. The molecule has 0 unspecified atom stereocenters. The van der Waals surface area contributed by atoms with Gasteiger partial charge in [0.05, 0.1) is 13.2 Å². The summed E-state index contributed by atoms with van der Waals surface area (Å²) in [5.74, 6) is 2.31. The zero-order valence-electron chi connectivity index (χ0n) is 11.1. The lowest BCUT2D eigenvalue weighted by atomic mass is 10.2. The third-order valence-corrected chi connectivity index (χ3v) is 1.72. The minimum absolute atomic E-state index is 0.0753. The molecule has 19 heavy (non-hydrogen) atoms. The Hall–Kier alpha value is -2.29. The smallest absolute Gasteiger partial charge is 0.345 e. The Morgan fingerprint density at radius 2 is 1.53 bits per heavy atom. The maximum atomic E-state index is 11.5. The molecule has 0 aliphatic rings. The number of hydrogen-bond donors (Lipinski definition) is 0. The molecule has 0 amide bonds. The highest BCUT2D eigenvalue weighted by atomic mass is 16.6. The first-order chi connectivity index (χ1) is 9.06.